The SMILES string of the molecule is Nc1cccc(Cl)c1C(=O)OC1CCCCCC1. The summed E-state index contributed by atoms with van der Waals surface area (Å²) in [5.41, 5.74) is 6.44. The molecule has 3 nitrogen and oxygen atoms in total. The summed E-state index contributed by atoms with van der Waals surface area (Å²) >= 11 is 5.99. The van der Waals surface area contributed by atoms with Crippen LogP contribution in [0.15, 0.2) is 18.2 Å². The van der Waals surface area contributed by atoms with Crippen molar-refractivity contribution in [1.82, 2.24) is 0 Å². The van der Waals surface area contributed by atoms with Crippen LogP contribution in [0.3, 0.4) is 0 Å². The van der Waals surface area contributed by atoms with E-state index in [4.69, 9.17) is 22.1 Å². The standard InChI is InChI=1S/C14H18ClNO2/c15-11-8-5-9-12(16)13(11)14(17)18-10-6-3-1-2-4-7-10/h5,8-10H,1-4,6-7,16H2. The lowest BCUT2D eigenvalue weighted by atomic mass is 10.1. The van der Waals surface area contributed by atoms with E-state index in [1.54, 1.807) is 18.2 Å². The van der Waals surface area contributed by atoms with Crippen LogP contribution in [0.5, 0.6) is 0 Å². The number of rotatable bonds is 2. The molecule has 0 aromatic heterocycles. The fourth-order valence-corrected chi connectivity index (χ4v) is 2.59. The van der Waals surface area contributed by atoms with Crippen LogP contribution in [-0.2, 0) is 4.74 Å². The van der Waals surface area contributed by atoms with Crippen molar-refractivity contribution in [3.05, 3.63) is 28.8 Å². The maximum Gasteiger partial charge on any atom is 0.342 e. The summed E-state index contributed by atoms with van der Waals surface area (Å²) in [5, 5.41) is 0.355. The van der Waals surface area contributed by atoms with E-state index in [-0.39, 0.29) is 6.10 Å². The molecule has 1 aromatic carbocycles. The second kappa shape index (κ2) is 6.10. The predicted molar refractivity (Wildman–Crippen MR) is 72.8 cm³/mol. The van der Waals surface area contributed by atoms with E-state index in [1.165, 1.54) is 12.8 Å². The lowest BCUT2D eigenvalue weighted by Gasteiger charge is -2.16. The van der Waals surface area contributed by atoms with Gasteiger partial charge in [-0.1, -0.05) is 30.5 Å². The summed E-state index contributed by atoms with van der Waals surface area (Å²) in [5.74, 6) is -0.398. The van der Waals surface area contributed by atoms with Crippen LogP contribution >= 0.6 is 11.6 Å². The van der Waals surface area contributed by atoms with Crippen molar-refractivity contribution in [1.29, 1.82) is 0 Å². The minimum Gasteiger partial charge on any atom is -0.459 e. The number of ether oxygens (including phenoxy) is 1. The van der Waals surface area contributed by atoms with Gasteiger partial charge in [0, 0.05) is 5.69 Å². The largest absolute Gasteiger partial charge is 0.459 e. The third-order valence-electron chi connectivity index (χ3n) is 3.33. The lowest BCUT2D eigenvalue weighted by Crippen LogP contribution is -2.18. The zero-order valence-electron chi connectivity index (χ0n) is 10.3. The van der Waals surface area contributed by atoms with Crippen LogP contribution in [0.4, 0.5) is 5.69 Å². The van der Waals surface area contributed by atoms with E-state index in [1.807, 2.05) is 0 Å². The molecular weight excluding hydrogens is 250 g/mol. The lowest BCUT2D eigenvalue weighted by molar-refractivity contribution is 0.0269. The highest BCUT2D eigenvalue weighted by Gasteiger charge is 2.21. The number of carbonyl (C=O) groups excluding carboxylic acids is 1. The van der Waals surface area contributed by atoms with Crippen LogP contribution < -0.4 is 5.73 Å². The summed E-state index contributed by atoms with van der Waals surface area (Å²) in [4.78, 5) is 12.1. The van der Waals surface area contributed by atoms with Gasteiger partial charge in [0.05, 0.1) is 5.02 Å². The molecule has 1 saturated carbocycles. The van der Waals surface area contributed by atoms with Gasteiger partial charge < -0.3 is 10.5 Å². The Bertz CT molecular complexity index is 406. The van der Waals surface area contributed by atoms with Gasteiger partial charge in [-0.2, -0.15) is 0 Å². The Morgan fingerprint density at radius 2 is 1.89 bits per heavy atom. The number of anilines is 1. The van der Waals surface area contributed by atoms with Crippen molar-refractivity contribution in [3.8, 4) is 0 Å². The third-order valence-corrected chi connectivity index (χ3v) is 3.64. The van der Waals surface area contributed by atoms with Gasteiger partial charge in [0.15, 0.2) is 0 Å². The average molecular weight is 268 g/mol. The molecule has 98 valence electrons. The molecule has 4 heteroatoms. The Labute approximate surface area is 112 Å². The van der Waals surface area contributed by atoms with Crippen LogP contribution in [0, 0.1) is 0 Å². The zero-order valence-corrected chi connectivity index (χ0v) is 11.1. The first kappa shape index (κ1) is 13.2. The highest BCUT2D eigenvalue weighted by atomic mass is 35.5. The van der Waals surface area contributed by atoms with Crippen molar-refractivity contribution in [2.24, 2.45) is 0 Å². The van der Waals surface area contributed by atoms with Crippen LogP contribution in [0.25, 0.3) is 0 Å². The molecule has 2 N–H and O–H groups in total. The average Bonchev–Trinajstić information content (AvgIpc) is 2.57. The number of hydrogen-bond donors (Lipinski definition) is 1. The number of esters is 1. The highest BCUT2D eigenvalue weighted by molar-refractivity contribution is 6.34. The van der Waals surface area contributed by atoms with Gasteiger partial charge in [-0.15, -0.1) is 0 Å². The summed E-state index contributed by atoms with van der Waals surface area (Å²) in [6, 6.07) is 5.04. The Hall–Kier alpha value is -1.22. The van der Waals surface area contributed by atoms with Crippen LogP contribution in [0.2, 0.25) is 5.02 Å². The molecule has 0 spiro atoms. The molecule has 0 saturated heterocycles. The summed E-state index contributed by atoms with van der Waals surface area (Å²) in [7, 11) is 0. The second-order valence-electron chi connectivity index (χ2n) is 4.72. The number of hydrogen-bond acceptors (Lipinski definition) is 3. The molecule has 1 fully saturated rings. The van der Waals surface area contributed by atoms with Crippen molar-refractivity contribution >= 4 is 23.3 Å². The minimum absolute atomic E-state index is 0.00988. The van der Waals surface area contributed by atoms with Crippen molar-refractivity contribution in [2.45, 2.75) is 44.6 Å². The molecule has 1 aromatic rings. The van der Waals surface area contributed by atoms with Crippen molar-refractivity contribution in [2.75, 3.05) is 5.73 Å². The molecule has 0 amide bonds. The summed E-state index contributed by atoms with van der Waals surface area (Å²) < 4.78 is 5.52. The molecule has 2 rings (SSSR count). The van der Waals surface area contributed by atoms with E-state index in [0.717, 1.165) is 25.7 Å². The van der Waals surface area contributed by atoms with Gasteiger partial charge in [0.25, 0.3) is 0 Å². The topological polar surface area (TPSA) is 52.3 Å². The monoisotopic (exact) mass is 267 g/mol. The van der Waals surface area contributed by atoms with Crippen LogP contribution in [0.1, 0.15) is 48.9 Å². The third kappa shape index (κ3) is 3.16. The Morgan fingerprint density at radius 3 is 2.50 bits per heavy atom. The summed E-state index contributed by atoms with van der Waals surface area (Å²) in [6.45, 7) is 0. The van der Waals surface area contributed by atoms with E-state index >= 15 is 0 Å². The van der Waals surface area contributed by atoms with Gasteiger partial charge in [0.1, 0.15) is 11.7 Å². The first-order chi connectivity index (χ1) is 8.68. The highest BCUT2D eigenvalue weighted by Crippen LogP contribution is 2.26. The minimum atomic E-state index is -0.398. The van der Waals surface area contributed by atoms with E-state index < -0.39 is 5.97 Å². The molecule has 18 heavy (non-hydrogen) atoms. The number of carbonyl (C=O) groups is 1. The molecule has 0 unspecified atom stereocenters. The van der Waals surface area contributed by atoms with Crippen LogP contribution in [-0.4, -0.2) is 12.1 Å². The predicted octanol–water partition coefficient (Wildman–Crippen LogP) is 3.80. The number of nitrogens with two attached hydrogens (primary N) is 1. The van der Waals surface area contributed by atoms with Gasteiger partial charge in [-0.3, -0.25) is 0 Å². The summed E-state index contributed by atoms with van der Waals surface area (Å²) in [6.07, 6.45) is 6.58. The Balaban J connectivity index is 2.07. The first-order valence-corrected chi connectivity index (χ1v) is 6.81. The number of halogens is 1. The molecular formula is C14H18ClNO2. The Kier molecular flexibility index (Phi) is 4.48. The van der Waals surface area contributed by atoms with E-state index in [0.29, 0.717) is 16.3 Å². The maximum absolute atomic E-state index is 12.1. The number of nitrogen functional groups attached to an aromatic ring is 1. The fraction of sp³-hybridized carbons (Fsp3) is 0.500. The normalized spacial score (nSPS) is 17.2. The maximum atomic E-state index is 12.1. The van der Waals surface area contributed by atoms with Gasteiger partial charge in [0.2, 0.25) is 0 Å². The zero-order chi connectivity index (χ0) is 13.0. The van der Waals surface area contributed by atoms with Gasteiger partial charge >= 0.3 is 5.97 Å². The van der Waals surface area contributed by atoms with Gasteiger partial charge in [-0.05, 0) is 37.8 Å². The smallest absolute Gasteiger partial charge is 0.342 e. The van der Waals surface area contributed by atoms with E-state index in [9.17, 15) is 4.79 Å². The second-order valence-corrected chi connectivity index (χ2v) is 5.13. The molecule has 0 aliphatic heterocycles. The molecule has 1 aliphatic rings. The first-order valence-electron chi connectivity index (χ1n) is 6.43. The quantitative estimate of drug-likeness (QED) is 0.504. The molecule has 0 atom stereocenters. The Morgan fingerprint density at radius 1 is 1.22 bits per heavy atom. The molecule has 0 radical (unpaired) electrons. The van der Waals surface area contributed by atoms with Crippen molar-refractivity contribution in [3.63, 3.8) is 0 Å². The van der Waals surface area contributed by atoms with Gasteiger partial charge in [-0.25, -0.2) is 4.79 Å². The fourth-order valence-electron chi connectivity index (χ4n) is 2.33. The van der Waals surface area contributed by atoms with E-state index in [2.05, 4.69) is 0 Å². The molecule has 1 aliphatic carbocycles. The van der Waals surface area contributed by atoms with Crippen molar-refractivity contribution < 1.29 is 9.53 Å². The molecule has 0 bridgehead atoms. The molecule has 0 heterocycles. The number of benzene rings is 1.